The summed E-state index contributed by atoms with van der Waals surface area (Å²) in [7, 11) is 0. The van der Waals surface area contributed by atoms with E-state index in [0.29, 0.717) is 52.8 Å². The van der Waals surface area contributed by atoms with E-state index in [9.17, 15) is 0 Å². The molecule has 682 valence electrons. The highest BCUT2D eigenvalue weighted by molar-refractivity contribution is 6.16. The fourth-order valence-electron chi connectivity index (χ4n) is 22.3. The van der Waals surface area contributed by atoms with Crippen molar-refractivity contribution < 1.29 is 8.83 Å². The molecule has 29 rings (SSSR count). The van der Waals surface area contributed by atoms with Gasteiger partial charge in [0.2, 0.25) is 17.8 Å². The molecule has 3 aliphatic carbocycles. The first-order valence-electron chi connectivity index (χ1n) is 48.9. The van der Waals surface area contributed by atoms with Crippen LogP contribution in [0.2, 0.25) is 0 Å². The first-order valence-corrected chi connectivity index (χ1v) is 48.9. The summed E-state index contributed by atoms with van der Waals surface area (Å²) in [4.78, 5) is 45.9. The van der Waals surface area contributed by atoms with Gasteiger partial charge in [0.05, 0.1) is 33.1 Å². The summed E-state index contributed by atoms with van der Waals surface area (Å²) in [6, 6.07) is 153. The second-order valence-corrected chi connectivity index (χ2v) is 39.2. The molecule has 14 heteroatoms. The number of benzene rings is 18. The second kappa shape index (κ2) is 33.4. The summed E-state index contributed by atoms with van der Waals surface area (Å²) in [6.45, 7) is 13.9. The zero-order valence-electron chi connectivity index (χ0n) is 79.8. The Balaban J connectivity index is 0.000000108. The highest BCUT2D eigenvalue weighted by Gasteiger charge is 2.41. The lowest BCUT2D eigenvalue weighted by Gasteiger charge is -2.21. The van der Waals surface area contributed by atoms with Crippen molar-refractivity contribution in [3.8, 4) is 153 Å². The van der Waals surface area contributed by atoms with Crippen LogP contribution in [0, 0.1) is 0 Å². The number of hydrogen-bond donors (Lipinski definition) is 0. The maximum atomic E-state index is 6.34. The average molecular weight is 1850 g/mol. The Morgan fingerprint density at radius 2 is 0.410 bits per heavy atom. The van der Waals surface area contributed by atoms with Crippen LogP contribution in [0.1, 0.15) is 74.9 Å². The molecule has 0 aliphatic heterocycles. The van der Waals surface area contributed by atoms with Crippen LogP contribution >= 0.6 is 0 Å². The Labute approximate surface area is 830 Å². The molecule has 3 aliphatic rings. The van der Waals surface area contributed by atoms with Crippen LogP contribution in [0.15, 0.2) is 446 Å². The molecule has 18 aromatic carbocycles. The van der Waals surface area contributed by atoms with Gasteiger partial charge in [-0.3, -0.25) is 13.7 Å². The molecular weight excluding hydrogens is 1760 g/mol. The lowest BCUT2D eigenvalue weighted by Crippen LogP contribution is -2.15. The van der Waals surface area contributed by atoms with E-state index in [2.05, 4.69) is 298 Å². The molecule has 0 bridgehead atoms. The summed E-state index contributed by atoms with van der Waals surface area (Å²) in [5.41, 5.74) is 33.3. The molecule has 0 atom stereocenters. The van der Waals surface area contributed by atoms with E-state index in [1.165, 1.54) is 88.7 Å². The number of aromatic nitrogens is 12. The van der Waals surface area contributed by atoms with E-state index in [1.54, 1.807) is 0 Å². The largest absolute Gasteiger partial charge is 0.456 e. The van der Waals surface area contributed by atoms with Crippen LogP contribution in [0.3, 0.4) is 0 Å². The smallest absolute Gasteiger partial charge is 0.238 e. The van der Waals surface area contributed by atoms with Gasteiger partial charge in [0.1, 0.15) is 22.7 Å². The van der Waals surface area contributed by atoms with E-state index in [1.807, 2.05) is 194 Å². The number of furan rings is 2. The van der Waals surface area contributed by atoms with Crippen LogP contribution in [0.5, 0.6) is 0 Å². The Kier molecular flexibility index (Phi) is 19.6. The van der Waals surface area contributed by atoms with Crippen molar-refractivity contribution >= 4 is 87.4 Å². The summed E-state index contributed by atoms with van der Waals surface area (Å²) in [6.07, 6.45) is 0. The minimum atomic E-state index is -0.162. The number of para-hydroxylation sites is 2. The van der Waals surface area contributed by atoms with Crippen molar-refractivity contribution in [3.05, 3.63) is 470 Å². The van der Waals surface area contributed by atoms with E-state index in [0.717, 1.165) is 133 Å². The fourth-order valence-corrected chi connectivity index (χ4v) is 22.3. The molecule has 0 N–H and O–H groups in total. The third kappa shape index (κ3) is 14.0. The molecular formula is C130H90N12O2. The van der Waals surface area contributed by atoms with Gasteiger partial charge in [0.25, 0.3) is 0 Å². The van der Waals surface area contributed by atoms with Gasteiger partial charge in [-0.1, -0.05) is 369 Å². The Hall–Kier alpha value is -18.5. The molecule has 0 saturated heterocycles. The summed E-state index contributed by atoms with van der Waals surface area (Å²) in [5.74, 6) is 7.27. The predicted octanol–water partition coefficient (Wildman–Crippen LogP) is 32.3. The number of hydrogen-bond acceptors (Lipinski definition) is 11. The van der Waals surface area contributed by atoms with E-state index in [4.69, 9.17) is 53.7 Å². The van der Waals surface area contributed by atoms with E-state index in [-0.39, 0.29) is 16.2 Å². The first kappa shape index (κ1) is 84.7. The van der Waals surface area contributed by atoms with Crippen molar-refractivity contribution in [3.63, 3.8) is 0 Å². The molecule has 0 saturated carbocycles. The molecule has 8 heterocycles. The van der Waals surface area contributed by atoms with Gasteiger partial charge >= 0.3 is 0 Å². The Morgan fingerprint density at radius 3 is 0.694 bits per heavy atom. The normalized spacial score (nSPS) is 13.2. The van der Waals surface area contributed by atoms with Crippen molar-refractivity contribution in [1.82, 2.24) is 58.6 Å². The summed E-state index contributed by atoms with van der Waals surface area (Å²) < 4.78 is 19.4. The fraction of sp³-hybridized carbons (Fsp3) is 0.0692. The van der Waals surface area contributed by atoms with Crippen LogP contribution in [-0.4, -0.2) is 58.6 Å². The van der Waals surface area contributed by atoms with Crippen LogP contribution in [0.25, 0.3) is 241 Å². The van der Waals surface area contributed by atoms with Crippen molar-refractivity contribution in [1.29, 1.82) is 0 Å². The van der Waals surface area contributed by atoms with Gasteiger partial charge in [-0.05, 0) is 187 Å². The minimum absolute atomic E-state index is 0.139. The zero-order valence-corrected chi connectivity index (χ0v) is 79.8. The molecule has 144 heavy (non-hydrogen) atoms. The van der Waals surface area contributed by atoms with Crippen LogP contribution in [-0.2, 0) is 16.2 Å². The molecule has 8 aromatic heterocycles. The van der Waals surface area contributed by atoms with Gasteiger partial charge in [-0.2, -0.15) is 29.9 Å². The number of nitrogens with zero attached hydrogens (tertiary/aromatic N) is 12. The second-order valence-electron chi connectivity index (χ2n) is 39.2. The van der Waals surface area contributed by atoms with Crippen molar-refractivity contribution in [2.45, 2.75) is 57.8 Å². The minimum Gasteiger partial charge on any atom is -0.456 e. The molecule has 0 amide bonds. The molecule has 14 nitrogen and oxygen atoms in total. The standard InChI is InChI=1S/2C44H30N4O.C42H30N4/c2*1-44(2)35-19-11-10-18-31(35)32-25-34-33-23-30(40-24-29-17-9-12-20-39(29)49-40)21-22-37(33)48(38(34)26-36(32)44)43-46-41(27-13-5-3-6-14-27)45-42(47-43)28-15-7-4-8-16-28;1-42(2)35-21-13-12-20-31(35)32-25-34-33-24-30(27-14-6-3-7-15-27)22-23-37(33)46(38(34)26-36(32)42)41-44-39(28-16-8-4-9-17-28)43-40(45-41)29-18-10-5-11-19-29/h2*3-26H,1-2H3;3-26H,1-2H3. The van der Waals surface area contributed by atoms with Gasteiger partial charge in [0.15, 0.2) is 34.9 Å². The summed E-state index contributed by atoms with van der Waals surface area (Å²) >= 11 is 0. The SMILES string of the molecule is CC1(C)c2ccccc2-c2cc3c4cc(-c5cc6ccccc6o5)ccc4n(-c4nc(-c5ccccc5)nc(-c5ccccc5)n4)c3cc21.CC1(C)c2ccccc2-c2cc3c4cc(-c5cc6ccccc6o5)ccc4n(-c4nc(-c5ccccc5)nc(-c5ccccc5)n4)c3cc21.CC1(C)c2ccccc2-c2cc3c4cc(-c5ccccc5)ccc4n(-c4nc(-c5ccccc5)nc(-c5ccccc5)n4)c3cc21. The maximum Gasteiger partial charge on any atom is 0.238 e. The highest BCUT2D eigenvalue weighted by atomic mass is 16.3. The monoisotopic (exact) mass is 1850 g/mol. The van der Waals surface area contributed by atoms with Crippen LogP contribution in [0.4, 0.5) is 0 Å². The summed E-state index contributed by atoms with van der Waals surface area (Å²) in [5, 5.41) is 9.03. The maximum absolute atomic E-state index is 6.34. The Morgan fingerprint density at radius 1 is 0.174 bits per heavy atom. The Bertz CT molecular complexity index is 9040. The van der Waals surface area contributed by atoms with Gasteiger partial charge in [-0.15, -0.1) is 0 Å². The molecule has 0 radical (unpaired) electrons. The molecule has 0 unspecified atom stereocenters. The molecule has 0 spiro atoms. The number of fused-ring (bicyclic) bond motifs is 20. The van der Waals surface area contributed by atoms with Gasteiger partial charge in [0, 0.05) is 104 Å². The lowest BCUT2D eigenvalue weighted by atomic mass is 9.82. The molecule has 0 fully saturated rings. The van der Waals surface area contributed by atoms with Crippen LogP contribution < -0.4 is 0 Å². The quantitative estimate of drug-likeness (QED) is 0.115. The van der Waals surface area contributed by atoms with Gasteiger partial charge < -0.3 is 8.83 Å². The average Bonchev–Trinajstić information content (AvgIpc) is 1.55. The predicted molar refractivity (Wildman–Crippen MR) is 584 cm³/mol. The number of rotatable bonds is 12. The third-order valence-corrected chi connectivity index (χ3v) is 29.6. The van der Waals surface area contributed by atoms with Gasteiger partial charge in [-0.25, -0.2) is 15.0 Å². The van der Waals surface area contributed by atoms with E-state index < -0.39 is 0 Å². The first-order chi connectivity index (χ1) is 70.6. The highest BCUT2D eigenvalue weighted by Crippen LogP contribution is 2.56. The topological polar surface area (TPSA) is 157 Å². The zero-order chi connectivity index (χ0) is 96.2. The third-order valence-electron chi connectivity index (χ3n) is 29.6. The van der Waals surface area contributed by atoms with E-state index >= 15 is 0 Å². The van der Waals surface area contributed by atoms with Crippen molar-refractivity contribution in [2.75, 3.05) is 0 Å². The lowest BCUT2D eigenvalue weighted by molar-refractivity contribution is 0.631. The molecule has 26 aromatic rings. The van der Waals surface area contributed by atoms with Crippen molar-refractivity contribution in [2.24, 2.45) is 0 Å².